The zero-order chi connectivity index (χ0) is 18.5. The van der Waals surface area contributed by atoms with E-state index in [0.717, 1.165) is 11.4 Å². The third-order valence-corrected chi connectivity index (χ3v) is 3.84. The molecule has 3 rings (SSSR count). The summed E-state index contributed by atoms with van der Waals surface area (Å²) in [5.41, 5.74) is 8.39. The van der Waals surface area contributed by atoms with E-state index >= 15 is 0 Å². The molecular weight excluding hydrogens is 330 g/mol. The lowest BCUT2D eigenvalue weighted by atomic mass is 10.1. The van der Waals surface area contributed by atoms with Crippen molar-refractivity contribution in [1.82, 2.24) is 9.78 Å². The van der Waals surface area contributed by atoms with E-state index in [0.29, 0.717) is 23.4 Å². The van der Waals surface area contributed by atoms with Crippen LogP contribution in [0.5, 0.6) is 0 Å². The number of nitrogens with two attached hydrogens (primary N) is 1. The summed E-state index contributed by atoms with van der Waals surface area (Å²) in [6, 6.07) is 15.8. The maximum absolute atomic E-state index is 12.7. The van der Waals surface area contributed by atoms with E-state index in [2.05, 4.69) is 15.7 Å². The number of carbonyl (C=O) groups excluding carboxylic acids is 2. The van der Waals surface area contributed by atoms with E-state index in [4.69, 9.17) is 5.73 Å². The van der Waals surface area contributed by atoms with Crippen molar-refractivity contribution in [2.24, 2.45) is 5.73 Å². The molecule has 1 heterocycles. The zero-order valence-electron chi connectivity index (χ0n) is 14.3. The molecule has 4 N–H and O–H groups in total. The number of para-hydroxylation sites is 1. The SMILES string of the molecule is CCc1c(C(=O)Nc2cccc(NC(N)=O)c2)cnn1-c1ccccc1. The van der Waals surface area contributed by atoms with Gasteiger partial charge in [-0.2, -0.15) is 5.10 Å². The van der Waals surface area contributed by atoms with E-state index in [9.17, 15) is 9.59 Å². The Morgan fingerprint density at radius 3 is 2.38 bits per heavy atom. The number of urea groups is 1. The zero-order valence-corrected chi connectivity index (χ0v) is 14.3. The fourth-order valence-electron chi connectivity index (χ4n) is 2.71. The summed E-state index contributed by atoms with van der Waals surface area (Å²) in [6.07, 6.45) is 2.22. The van der Waals surface area contributed by atoms with Gasteiger partial charge in [-0.3, -0.25) is 4.79 Å². The minimum Gasteiger partial charge on any atom is -0.351 e. The van der Waals surface area contributed by atoms with Crippen molar-refractivity contribution < 1.29 is 9.59 Å². The first-order valence-corrected chi connectivity index (χ1v) is 8.18. The van der Waals surface area contributed by atoms with Crippen molar-refractivity contribution >= 4 is 23.3 Å². The lowest BCUT2D eigenvalue weighted by Gasteiger charge is -2.09. The predicted molar refractivity (Wildman–Crippen MR) is 101 cm³/mol. The molecule has 3 aromatic rings. The van der Waals surface area contributed by atoms with Crippen molar-refractivity contribution in [3.63, 3.8) is 0 Å². The van der Waals surface area contributed by atoms with Gasteiger partial charge in [0, 0.05) is 11.4 Å². The summed E-state index contributed by atoms with van der Waals surface area (Å²) >= 11 is 0. The maximum atomic E-state index is 12.7. The molecule has 26 heavy (non-hydrogen) atoms. The molecule has 0 aliphatic rings. The minimum absolute atomic E-state index is 0.264. The molecule has 132 valence electrons. The van der Waals surface area contributed by atoms with Gasteiger partial charge in [-0.05, 0) is 36.8 Å². The fraction of sp³-hybridized carbons (Fsp3) is 0.105. The van der Waals surface area contributed by atoms with Crippen LogP contribution in [0.15, 0.2) is 60.8 Å². The van der Waals surface area contributed by atoms with Gasteiger partial charge < -0.3 is 16.4 Å². The Morgan fingerprint density at radius 1 is 1.04 bits per heavy atom. The lowest BCUT2D eigenvalue weighted by Crippen LogP contribution is -2.19. The quantitative estimate of drug-likeness (QED) is 0.659. The average Bonchev–Trinajstić information content (AvgIpc) is 3.06. The van der Waals surface area contributed by atoms with Crippen LogP contribution in [0, 0.1) is 0 Å². The summed E-state index contributed by atoms with van der Waals surface area (Å²) in [6.45, 7) is 1.98. The molecule has 7 nitrogen and oxygen atoms in total. The first kappa shape index (κ1) is 17.2. The molecule has 0 aliphatic carbocycles. The second-order valence-electron chi connectivity index (χ2n) is 5.63. The minimum atomic E-state index is -0.661. The summed E-state index contributed by atoms with van der Waals surface area (Å²) in [5.74, 6) is -0.264. The van der Waals surface area contributed by atoms with Gasteiger partial charge in [0.05, 0.1) is 23.1 Å². The van der Waals surface area contributed by atoms with Crippen LogP contribution in [0.2, 0.25) is 0 Å². The number of carbonyl (C=O) groups is 2. The van der Waals surface area contributed by atoms with Crippen molar-refractivity contribution in [1.29, 1.82) is 0 Å². The Hall–Kier alpha value is -3.61. The van der Waals surface area contributed by atoms with E-state index in [-0.39, 0.29) is 5.91 Å². The van der Waals surface area contributed by atoms with Crippen molar-refractivity contribution in [2.75, 3.05) is 10.6 Å². The molecule has 0 spiro atoms. The number of aromatic nitrogens is 2. The highest BCUT2D eigenvalue weighted by molar-refractivity contribution is 6.05. The standard InChI is InChI=1S/C19H19N5O2/c1-2-17-16(12-21-24(17)15-9-4-3-5-10-15)18(25)22-13-7-6-8-14(11-13)23-19(20)26/h3-12H,2H2,1H3,(H,22,25)(H3,20,23,26). The van der Waals surface area contributed by atoms with Crippen molar-refractivity contribution in [3.8, 4) is 5.69 Å². The Kier molecular flexibility index (Phi) is 4.98. The maximum Gasteiger partial charge on any atom is 0.316 e. The van der Waals surface area contributed by atoms with E-state index in [1.54, 1.807) is 35.1 Å². The largest absolute Gasteiger partial charge is 0.351 e. The molecule has 0 unspecified atom stereocenters. The van der Waals surface area contributed by atoms with E-state index < -0.39 is 6.03 Å². The number of hydrogen-bond donors (Lipinski definition) is 3. The Morgan fingerprint density at radius 2 is 1.73 bits per heavy atom. The second-order valence-corrected chi connectivity index (χ2v) is 5.63. The molecule has 0 saturated heterocycles. The summed E-state index contributed by atoms with van der Waals surface area (Å²) in [4.78, 5) is 23.7. The number of hydrogen-bond acceptors (Lipinski definition) is 3. The number of primary amides is 1. The van der Waals surface area contributed by atoms with Gasteiger partial charge in [-0.15, -0.1) is 0 Å². The van der Waals surface area contributed by atoms with Crippen molar-refractivity contribution in [3.05, 3.63) is 72.1 Å². The molecule has 7 heteroatoms. The highest BCUT2D eigenvalue weighted by Crippen LogP contribution is 2.19. The smallest absolute Gasteiger partial charge is 0.316 e. The van der Waals surface area contributed by atoms with Gasteiger partial charge in [0.1, 0.15) is 0 Å². The molecule has 0 saturated carbocycles. The summed E-state index contributed by atoms with van der Waals surface area (Å²) in [7, 11) is 0. The van der Waals surface area contributed by atoms with Gasteiger partial charge in [0.25, 0.3) is 5.91 Å². The molecular formula is C19H19N5O2. The third kappa shape index (κ3) is 3.72. The van der Waals surface area contributed by atoms with Gasteiger partial charge in [0.15, 0.2) is 0 Å². The van der Waals surface area contributed by atoms with Crippen LogP contribution in [0.1, 0.15) is 23.0 Å². The number of nitrogens with one attached hydrogen (secondary N) is 2. The fourth-order valence-corrected chi connectivity index (χ4v) is 2.71. The number of rotatable bonds is 5. The molecule has 0 fully saturated rings. The topological polar surface area (TPSA) is 102 Å². The normalized spacial score (nSPS) is 10.3. The number of anilines is 2. The lowest BCUT2D eigenvalue weighted by molar-refractivity contribution is 0.102. The number of nitrogens with zero attached hydrogens (tertiary/aromatic N) is 2. The van der Waals surface area contributed by atoms with Crippen LogP contribution in [-0.4, -0.2) is 21.7 Å². The first-order chi connectivity index (χ1) is 12.6. The van der Waals surface area contributed by atoms with Crippen LogP contribution < -0.4 is 16.4 Å². The summed E-state index contributed by atoms with van der Waals surface area (Å²) in [5, 5.41) is 9.66. The molecule has 0 radical (unpaired) electrons. The van der Waals surface area contributed by atoms with Gasteiger partial charge in [0.2, 0.25) is 0 Å². The van der Waals surface area contributed by atoms with Gasteiger partial charge in [-0.1, -0.05) is 31.2 Å². The molecule has 0 aliphatic heterocycles. The monoisotopic (exact) mass is 349 g/mol. The molecule has 3 amide bonds. The Bertz CT molecular complexity index is 934. The number of amides is 3. The first-order valence-electron chi connectivity index (χ1n) is 8.18. The highest BCUT2D eigenvalue weighted by Gasteiger charge is 2.17. The van der Waals surface area contributed by atoms with Crippen LogP contribution in [0.3, 0.4) is 0 Å². The van der Waals surface area contributed by atoms with Gasteiger partial charge in [-0.25, -0.2) is 9.48 Å². The van der Waals surface area contributed by atoms with Crippen molar-refractivity contribution in [2.45, 2.75) is 13.3 Å². The van der Waals surface area contributed by atoms with Gasteiger partial charge >= 0.3 is 6.03 Å². The molecule has 0 atom stereocenters. The van der Waals surface area contributed by atoms with E-state index in [1.165, 1.54) is 0 Å². The number of benzene rings is 2. The molecule has 1 aromatic heterocycles. The molecule has 0 bridgehead atoms. The van der Waals surface area contributed by atoms with Crippen LogP contribution in [-0.2, 0) is 6.42 Å². The predicted octanol–water partition coefficient (Wildman–Crippen LogP) is 3.18. The van der Waals surface area contributed by atoms with E-state index in [1.807, 2.05) is 37.3 Å². The van der Waals surface area contributed by atoms with Crippen LogP contribution in [0.4, 0.5) is 16.2 Å². The average molecular weight is 349 g/mol. The highest BCUT2D eigenvalue weighted by atomic mass is 16.2. The molecule has 2 aromatic carbocycles. The summed E-state index contributed by atoms with van der Waals surface area (Å²) < 4.78 is 1.76. The third-order valence-electron chi connectivity index (χ3n) is 3.84. The van der Waals surface area contributed by atoms with Crippen LogP contribution >= 0.6 is 0 Å². The Balaban J connectivity index is 1.85. The Labute approximate surface area is 150 Å². The second kappa shape index (κ2) is 7.52. The van der Waals surface area contributed by atoms with Crippen LogP contribution in [0.25, 0.3) is 5.69 Å².